The van der Waals surface area contributed by atoms with Crippen LogP contribution in [0.5, 0.6) is 23.0 Å². The quantitative estimate of drug-likeness (QED) is 0.440. The van der Waals surface area contributed by atoms with E-state index < -0.39 is 36.3 Å². The van der Waals surface area contributed by atoms with Gasteiger partial charge >= 0.3 is 5.97 Å². The summed E-state index contributed by atoms with van der Waals surface area (Å²) in [6, 6.07) is 14.3. The van der Waals surface area contributed by atoms with E-state index in [-0.39, 0.29) is 12.2 Å². The minimum Gasteiger partial charge on any atom is -0.497 e. The highest BCUT2D eigenvalue weighted by Gasteiger charge is 2.39. The number of anilines is 1. The number of fused-ring (bicyclic) bond motifs is 1. The summed E-state index contributed by atoms with van der Waals surface area (Å²) in [5.41, 5.74) is 1.78. The van der Waals surface area contributed by atoms with Crippen molar-refractivity contribution in [3.05, 3.63) is 77.1 Å². The molecule has 2 atom stereocenters. The third-order valence-electron chi connectivity index (χ3n) is 6.31. The maximum absolute atomic E-state index is 14.7. The van der Waals surface area contributed by atoms with E-state index in [9.17, 15) is 19.1 Å². The first-order valence-electron chi connectivity index (χ1n) is 11.7. The molecule has 3 aromatic carbocycles. The van der Waals surface area contributed by atoms with E-state index in [1.807, 2.05) is 0 Å². The maximum Gasteiger partial charge on any atom is 0.306 e. The SMILES string of the molecule is COc1ccc(CN2C(=O)[C@H](CC(=O)O)O[C@@H](c3cccc(OC)c3OC)c3ccc(F)cc32)c(OC)c1. The molecule has 0 unspecified atom stereocenters. The normalized spacial score (nSPS) is 16.9. The smallest absolute Gasteiger partial charge is 0.306 e. The Kier molecular flexibility index (Phi) is 8.02. The Morgan fingerprint density at radius 2 is 1.71 bits per heavy atom. The Labute approximate surface area is 219 Å². The molecule has 9 nitrogen and oxygen atoms in total. The van der Waals surface area contributed by atoms with Crippen molar-refractivity contribution < 1.29 is 42.8 Å². The first-order valence-corrected chi connectivity index (χ1v) is 11.7. The van der Waals surface area contributed by atoms with Crippen molar-refractivity contribution in [2.24, 2.45) is 0 Å². The van der Waals surface area contributed by atoms with Crippen LogP contribution >= 0.6 is 0 Å². The number of methoxy groups -OCH3 is 4. The fraction of sp³-hybridized carbons (Fsp3) is 0.286. The van der Waals surface area contributed by atoms with Crippen LogP contribution in [0.4, 0.5) is 10.1 Å². The Bertz CT molecular complexity index is 1340. The number of hydrogen-bond donors (Lipinski definition) is 1. The van der Waals surface area contributed by atoms with Crippen molar-refractivity contribution in [2.45, 2.75) is 25.2 Å². The van der Waals surface area contributed by atoms with Crippen molar-refractivity contribution in [1.29, 1.82) is 0 Å². The second-order valence-electron chi connectivity index (χ2n) is 8.49. The number of para-hydroxylation sites is 1. The van der Waals surface area contributed by atoms with Crippen LogP contribution < -0.4 is 23.8 Å². The lowest BCUT2D eigenvalue weighted by Crippen LogP contribution is -2.40. The van der Waals surface area contributed by atoms with E-state index in [2.05, 4.69) is 0 Å². The molecule has 1 N–H and O–H groups in total. The van der Waals surface area contributed by atoms with Gasteiger partial charge in [-0.2, -0.15) is 0 Å². The first-order chi connectivity index (χ1) is 18.3. The molecule has 0 radical (unpaired) electrons. The molecule has 38 heavy (non-hydrogen) atoms. The van der Waals surface area contributed by atoms with Gasteiger partial charge in [0.25, 0.3) is 5.91 Å². The monoisotopic (exact) mass is 525 g/mol. The number of nitrogens with zero attached hydrogens (tertiary/aromatic N) is 1. The van der Waals surface area contributed by atoms with Crippen LogP contribution in [0.2, 0.25) is 0 Å². The van der Waals surface area contributed by atoms with Crippen LogP contribution in [0.25, 0.3) is 0 Å². The number of rotatable bonds is 9. The highest BCUT2D eigenvalue weighted by molar-refractivity contribution is 5.99. The van der Waals surface area contributed by atoms with Crippen molar-refractivity contribution in [1.82, 2.24) is 0 Å². The Hall–Kier alpha value is -4.31. The molecule has 0 spiro atoms. The van der Waals surface area contributed by atoms with E-state index >= 15 is 0 Å². The number of carboxylic acids is 1. The van der Waals surface area contributed by atoms with Crippen LogP contribution in [-0.4, -0.2) is 51.5 Å². The lowest BCUT2D eigenvalue weighted by molar-refractivity contribution is -0.147. The van der Waals surface area contributed by atoms with Gasteiger partial charge in [0.15, 0.2) is 11.5 Å². The van der Waals surface area contributed by atoms with Crippen LogP contribution in [-0.2, 0) is 20.9 Å². The number of hydrogen-bond acceptors (Lipinski definition) is 7. The number of carboxylic acid groups (broad SMARTS) is 1. The molecule has 0 aromatic heterocycles. The summed E-state index contributed by atoms with van der Waals surface area (Å²) in [6.07, 6.45) is -2.95. The molecule has 4 rings (SSSR count). The molecular formula is C28H28FNO8. The summed E-state index contributed by atoms with van der Waals surface area (Å²) < 4.78 is 42.6. The minimum atomic E-state index is -1.38. The average Bonchev–Trinajstić information content (AvgIpc) is 3.02. The molecule has 1 aliphatic rings. The molecule has 0 saturated carbocycles. The van der Waals surface area contributed by atoms with Crippen LogP contribution in [0, 0.1) is 5.82 Å². The molecule has 0 fully saturated rings. The lowest BCUT2D eigenvalue weighted by Gasteiger charge is -2.25. The highest BCUT2D eigenvalue weighted by Crippen LogP contribution is 2.45. The first kappa shape index (κ1) is 26.7. The lowest BCUT2D eigenvalue weighted by atomic mass is 9.97. The standard InChI is InChI=1S/C28H28FNO8/c1-34-18-10-8-16(23(13-18)36-3)15-30-21-12-17(29)9-11-19(21)26(38-24(28(30)33)14-25(31)32)20-6-5-7-22(35-2)27(20)37-4/h5-13,24,26H,14-15H2,1-4H3,(H,31,32)/t24-,26+/m0/s1. The van der Waals surface area contributed by atoms with Gasteiger partial charge in [-0.05, 0) is 30.3 Å². The molecular weight excluding hydrogens is 497 g/mol. The number of carbonyl (C=O) groups excluding carboxylic acids is 1. The highest BCUT2D eigenvalue weighted by atomic mass is 19.1. The van der Waals surface area contributed by atoms with Crippen LogP contribution in [0.15, 0.2) is 54.6 Å². The topological polar surface area (TPSA) is 104 Å². The summed E-state index contributed by atoms with van der Waals surface area (Å²) >= 11 is 0. The van der Waals surface area contributed by atoms with Crippen molar-refractivity contribution in [3.63, 3.8) is 0 Å². The average molecular weight is 526 g/mol. The van der Waals surface area contributed by atoms with E-state index in [0.29, 0.717) is 39.7 Å². The number of aliphatic carboxylic acids is 1. The van der Waals surface area contributed by atoms with E-state index in [4.69, 9.17) is 23.7 Å². The van der Waals surface area contributed by atoms with Gasteiger partial charge in [-0.15, -0.1) is 0 Å². The number of ether oxygens (including phenoxy) is 5. The van der Waals surface area contributed by atoms with Crippen LogP contribution in [0.3, 0.4) is 0 Å². The molecule has 1 heterocycles. The van der Waals surface area contributed by atoms with Gasteiger partial charge in [-0.1, -0.05) is 18.2 Å². The zero-order valence-corrected chi connectivity index (χ0v) is 21.4. The second-order valence-corrected chi connectivity index (χ2v) is 8.49. The van der Waals surface area contributed by atoms with Gasteiger partial charge in [0, 0.05) is 22.8 Å². The number of carbonyl (C=O) groups is 2. The molecule has 200 valence electrons. The van der Waals surface area contributed by atoms with Crippen molar-refractivity contribution in [3.8, 4) is 23.0 Å². The van der Waals surface area contributed by atoms with Crippen molar-refractivity contribution >= 4 is 17.6 Å². The van der Waals surface area contributed by atoms with Crippen LogP contribution in [0.1, 0.15) is 29.2 Å². The molecule has 0 aliphatic carbocycles. The summed E-state index contributed by atoms with van der Waals surface area (Å²) in [6.45, 7) is -0.0378. The van der Waals surface area contributed by atoms with E-state index in [1.165, 1.54) is 51.5 Å². The van der Waals surface area contributed by atoms with Crippen molar-refractivity contribution in [2.75, 3.05) is 33.3 Å². The Morgan fingerprint density at radius 3 is 2.37 bits per heavy atom. The molecule has 1 aliphatic heterocycles. The summed E-state index contributed by atoms with van der Waals surface area (Å²) in [5.74, 6) is -0.668. The van der Waals surface area contributed by atoms with Gasteiger partial charge in [0.2, 0.25) is 0 Å². The molecule has 0 bridgehead atoms. The fourth-order valence-corrected chi connectivity index (χ4v) is 4.53. The van der Waals surface area contributed by atoms with E-state index in [1.54, 1.807) is 36.4 Å². The molecule has 1 amide bonds. The van der Waals surface area contributed by atoms with E-state index in [0.717, 1.165) is 0 Å². The number of benzene rings is 3. The number of amides is 1. The third kappa shape index (κ3) is 5.21. The van der Waals surface area contributed by atoms with Gasteiger partial charge in [0.05, 0.1) is 47.1 Å². The predicted octanol–water partition coefficient (Wildman–Crippen LogP) is 4.36. The zero-order valence-electron chi connectivity index (χ0n) is 21.4. The molecule has 10 heteroatoms. The zero-order chi connectivity index (χ0) is 27.4. The largest absolute Gasteiger partial charge is 0.497 e. The fourth-order valence-electron chi connectivity index (χ4n) is 4.53. The van der Waals surface area contributed by atoms with Gasteiger partial charge < -0.3 is 33.7 Å². The number of halogens is 1. The summed E-state index contributed by atoms with van der Waals surface area (Å²) in [7, 11) is 5.95. The summed E-state index contributed by atoms with van der Waals surface area (Å²) in [4.78, 5) is 26.9. The van der Waals surface area contributed by atoms with Gasteiger partial charge in [-0.25, -0.2) is 4.39 Å². The molecule has 3 aromatic rings. The van der Waals surface area contributed by atoms with Gasteiger partial charge in [-0.3, -0.25) is 9.59 Å². The minimum absolute atomic E-state index is 0.0378. The Balaban J connectivity index is 1.91. The Morgan fingerprint density at radius 1 is 0.947 bits per heavy atom. The second kappa shape index (κ2) is 11.4. The summed E-state index contributed by atoms with van der Waals surface area (Å²) in [5, 5.41) is 9.60. The predicted molar refractivity (Wildman–Crippen MR) is 136 cm³/mol. The maximum atomic E-state index is 14.7. The third-order valence-corrected chi connectivity index (χ3v) is 6.31. The van der Waals surface area contributed by atoms with Gasteiger partial charge in [0.1, 0.15) is 29.5 Å². The molecule has 0 saturated heterocycles.